The molecule has 0 bridgehead atoms. The number of aliphatic carboxylic acids is 1. The molecule has 4 heteroatoms. The predicted octanol–water partition coefficient (Wildman–Crippen LogP) is 2.86. The maximum atomic E-state index is 11.5. The van der Waals surface area contributed by atoms with Crippen LogP contribution < -0.4 is 0 Å². The van der Waals surface area contributed by atoms with Crippen LogP contribution in [-0.4, -0.2) is 23.1 Å². The van der Waals surface area contributed by atoms with E-state index in [2.05, 4.69) is 13.8 Å². The number of ether oxygens (including phenoxy) is 1. The number of carboxylic acid groups (broad SMARTS) is 1. The lowest BCUT2D eigenvalue weighted by Gasteiger charge is -2.31. The molecule has 0 aromatic carbocycles. The number of carboxylic acids is 1. The maximum absolute atomic E-state index is 11.5. The zero-order valence-electron chi connectivity index (χ0n) is 11.4. The molecule has 0 amide bonds. The smallest absolute Gasteiger partial charge is 0.306 e. The Morgan fingerprint density at radius 2 is 1.71 bits per heavy atom. The molecule has 1 atom stereocenters. The minimum absolute atomic E-state index is 0.0555. The van der Waals surface area contributed by atoms with Gasteiger partial charge in [-0.3, -0.25) is 9.59 Å². The van der Waals surface area contributed by atoms with Crippen LogP contribution in [0.3, 0.4) is 0 Å². The maximum Gasteiger partial charge on any atom is 0.306 e. The highest BCUT2D eigenvalue weighted by Crippen LogP contribution is 2.28. The molecule has 17 heavy (non-hydrogen) atoms. The molecule has 1 N–H and O–H groups in total. The molecule has 0 heterocycles. The van der Waals surface area contributed by atoms with E-state index in [1.165, 1.54) is 0 Å². The van der Waals surface area contributed by atoms with Crippen LogP contribution in [0.15, 0.2) is 0 Å². The van der Waals surface area contributed by atoms with Gasteiger partial charge in [0.15, 0.2) is 0 Å². The normalized spacial score (nSPS) is 13.5. The third kappa shape index (κ3) is 7.77. The number of hydrogen-bond acceptors (Lipinski definition) is 3. The molecule has 0 fully saturated rings. The molecule has 0 aliphatic heterocycles. The summed E-state index contributed by atoms with van der Waals surface area (Å²) in [6.07, 6.45) is 0.406. The molecule has 1 unspecified atom stereocenters. The van der Waals surface area contributed by atoms with Crippen molar-refractivity contribution in [2.45, 2.75) is 60.0 Å². The summed E-state index contributed by atoms with van der Waals surface area (Å²) in [6.45, 7) is 10.2. The number of carbonyl (C=O) groups excluding carboxylic acids is 1. The highest BCUT2D eigenvalue weighted by Gasteiger charge is 2.28. The SMILES string of the molecule is CC(C)CC(OC(=O)CCC(=O)O)C(C)(C)C. The van der Waals surface area contributed by atoms with Gasteiger partial charge in [0.25, 0.3) is 0 Å². The minimum atomic E-state index is -0.974. The molecule has 100 valence electrons. The Morgan fingerprint density at radius 1 is 1.18 bits per heavy atom. The average Bonchev–Trinajstić information content (AvgIpc) is 2.11. The standard InChI is InChI=1S/C13H24O4/c1-9(2)8-10(13(3,4)5)17-12(16)7-6-11(14)15/h9-10H,6-8H2,1-5H3,(H,14,15). The molecule has 4 nitrogen and oxygen atoms in total. The first kappa shape index (κ1) is 15.9. The van der Waals surface area contributed by atoms with Gasteiger partial charge in [-0.15, -0.1) is 0 Å². The minimum Gasteiger partial charge on any atom is -0.481 e. The molecule has 0 aromatic heterocycles. The summed E-state index contributed by atoms with van der Waals surface area (Å²) in [7, 11) is 0. The summed E-state index contributed by atoms with van der Waals surface area (Å²) in [5.41, 5.74) is -0.122. The largest absolute Gasteiger partial charge is 0.481 e. The summed E-state index contributed by atoms with van der Waals surface area (Å²) in [5, 5.41) is 8.49. The van der Waals surface area contributed by atoms with Crippen LogP contribution in [0.4, 0.5) is 0 Å². The van der Waals surface area contributed by atoms with Gasteiger partial charge in [0, 0.05) is 0 Å². The van der Waals surface area contributed by atoms with E-state index in [4.69, 9.17) is 9.84 Å². The fourth-order valence-electron chi connectivity index (χ4n) is 1.43. The Balaban J connectivity index is 4.33. The van der Waals surface area contributed by atoms with E-state index in [0.29, 0.717) is 5.92 Å². The van der Waals surface area contributed by atoms with E-state index < -0.39 is 11.9 Å². The van der Waals surface area contributed by atoms with Gasteiger partial charge in [-0.1, -0.05) is 34.6 Å². The monoisotopic (exact) mass is 244 g/mol. The van der Waals surface area contributed by atoms with Crippen LogP contribution in [0.1, 0.15) is 53.9 Å². The second kappa shape index (κ2) is 6.62. The molecule has 0 spiro atoms. The Hall–Kier alpha value is -1.06. The van der Waals surface area contributed by atoms with Crippen molar-refractivity contribution in [2.24, 2.45) is 11.3 Å². The summed E-state index contributed by atoms with van der Waals surface area (Å²) in [5.74, 6) is -0.961. The Labute approximate surface area is 103 Å². The fourth-order valence-corrected chi connectivity index (χ4v) is 1.43. The van der Waals surface area contributed by atoms with Gasteiger partial charge < -0.3 is 9.84 Å². The van der Waals surface area contributed by atoms with E-state index in [1.54, 1.807) is 0 Å². The Morgan fingerprint density at radius 3 is 2.06 bits per heavy atom. The van der Waals surface area contributed by atoms with E-state index in [0.717, 1.165) is 6.42 Å². The summed E-state index contributed by atoms with van der Waals surface area (Å²) >= 11 is 0. The number of esters is 1. The van der Waals surface area contributed by atoms with Crippen molar-refractivity contribution in [1.82, 2.24) is 0 Å². The van der Waals surface area contributed by atoms with Gasteiger partial charge in [0.05, 0.1) is 12.8 Å². The lowest BCUT2D eigenvalue weighted by atomic mass is 9.84. The van der Waals surface area contributed by atoms with E-state index in [-0.39, 0.29) is 24.4 Å². The van der Waals surface area contributed by atoms with Gasteiger partial charge in [0.2, 0.25) is 0 Å². The lowest BCUT2D eigenvalue weighted by Crippen LogP contribution is -2.33. The molecule has 0 radical (unpaired) electrons. The van der Waals surface area contributed by atoms with E-state index >= 15 is 0 Å². The summed E-state index contributed by atoms with van der Waals surface area (Å²) < 4.78 is 5.37. The van der Waals surface area contributed by atoms with Gasteiger partial charge in [-0.25, -0.2) is 0 Å². The third-order valence-electron chi connectivity index (χ3n) is 2.47. The molecule has 0 aliphatic carbocycles. The highest BCUT2D eigenvalue weighted by atomic mass is 16.5. The first-order valence-electron chi connectivity index (χ1n) is 6.04. The van der Waals surface area contributed by atoms with Crippen LogP contribution in [0.5, 0.6) is 0 Å². The second-order valence-electron chi connectivity index (χ2n) is 5.87. The molecular weight excluding hydrogens is 220 g/mol. The number of rotatable bonds is 6. The molecule has 0 saturated carbocycles. The van der Waals surface area contributed by atoms with E-state index in [1.807, 2.05) is 20.8 Å². The van der Waals surface area contributed by atoms with Gasteiger partial charge in [-0.2, -0.15) is 0 Å². The van der Waals surface area contributed by atoms with Crippen LogP contribution in [0.2, 0.25) is 0 Å². The van der Waals surface area contributed by atoms with Crippen LogP contribution in [-0.2, 0) is 14.3 Å². The third-order valence-corrected chi connectivity index (χ3v) is 2.47. The zero-order valence-corrected chi connectivity index (χ0v) is 11.4. The zero-order chi connectivity index (χ0) is 13.6. The fraction of sp³-hybridized carbons (Fsp3) is 0.846. The quantitative estimate of drug-likeness (QED) is 0.730. The predicted molar refractivity (Wildman–Crippen MR) is 65.7 cm³/mol. The van der Waals surface area contributed by atoms with Crippen molar-refractivity contribution in [3.63, 3.8) is 0 Å². The molecule has 0 aliphatic rings. The average molecular weight is 244 g/mol. The van der Waals surface area contributed by atoms with Gasteiger partial charge >= 0.3 is 11.9 Å². The van der Waals surface area contributed by atoms with Gasteiger partial charge in [-0.05, 0) is 17.8 Å². The highest BCUT2D eigenvalue weighted by molar-refractivity contribution is 5.76. The summed E-state index contributed by atoms with van der Waals surface area (Å²) in [4.78, 5) is 21.9. The van der Waals surface area contributed by atoms with Crippen molar-refractivity contribution in [3.8, 4) is 0 Å². The van der Waals surface area contributed by atoms with Gasteiger partial charge in [0.1, 0.15) is 6.10 Å². The van der Waals surface area contributed by atoms with Crippen molar-refractivity contribution in [1.29, 1.82) is 0 Å². The topological polar surface area (TPSA) is 63.6 Å². The Kier molecular flexibility index (Phi) is 6.21. The van der Waals surface area contributed by atoms with Crippen molar-refractivity contribution >= 4 is 11.9 Å². The Bertz CT molecular complexity index is 263. The molecule has 0 saturated heterocycles. The van der Waals surface area contributed by atoms with Crippen molar-refractivity contribution < 1.29 is 19.4 Å². The number of carbonyl (C=O) groups is 2. The van der Waals surface area contributed by atoms with Crippen molar-refractivity contribution in [2.75, 3.05) is 0 Å². The molecule has 0 aromatic rings. The lowest BCUT2D eigenvalue weighted by molar-refractivity contribution is -0.157. The number of hydrogen-bond donors (Lipinski definition) is 1. The summed E-state index contributed by atoms with van der Waals surface area (Å²) in [6, 6.07) is 0. The van der Waals surface area contributed by atoms with Crippen LogP contribution in [0.25, 0.3) is 0 Å². The van der Waals surface area contributed by atoms with Crippen LogP contribution >= 0.6 is 0 Å². The van der Waals surface area contributed by atoms with E-state index in [9.17, 15) is 9.59 Å². The first-order chi connectivity index (χ1) is 7.62. The second-order valence-corrected chi connectivity index (χ2v) is 5.87. The first-order valence-corrected chi connectivity index (χ1v) is 6.04. The van der Waals surface area contributed by atoms with Crippen molar-refractivity contribution in [3.05, 3.63) is 0 Å². The van der Waals surface area contributed by atoms with Crippen LogP contribution in [0, 0.1) is 11.3 Å². The molecule has 0 rings (SSSR count). The molecular formula is C13H24O4.